The van der Waals surface area contributed by atoms with Crippen molar-refractivity contribution in [1.29, 1.82) is 0 Å². The molecule has 0 amide bonds. The van der Waals surface area contributed by atoms with Gasteiger partial charge in [0.05, 0.1) is 13.2 Å². The molecule has 7 heteroatoms. The molecule has 1 rings (SSSR count). The fourth-order valence-electron chi connectivity index (χ4n) is 1.44. The predicted molar refractivity (Wildman–Crippen MR) is 76.1 cm³/mol. The van der Waals surface area contributed by atoms with E-state index in [1.165, 1.54) is 11.8 Å². The molecular weight excluding hydrogens is 268 g/mol. The monoisotopic (exact) mass is 290 g/mol. The highest BCUT2D eigenvalue weighted by Crippen LogP contribution is 2.33. The molecule has 0 unspecified atom stereocenters. The summed E-state index contributed by atoms with van der Waals surface area (Å²) < 4.78 is 12.0. The zero-order valence-corrected chi connectivity index (χ0v) is 12.7. The lowest BCUT2D eigenvalue weighted by atomic mass is 10.3. The van der Waals surface area contributed by atoms with Gasteiger partial charge in [-0.25, -0.2) is 19.5 Å². The summed E-state index contributed by atoms with van der Waals surface area (Å²) in [5.41, 5.74) is 0.576. The third-order valence-corrected chi connectivity index (χ3v) is 3.79. The summed E-state index contributed by atoms with van der Waals surface area (Å²) in [5.74, 6) is -0.0322. The van der Waals surface area contributed by atoms with Gasteiger partial charge in [0, 0.05) is 24.6 Å². The topological polar surface area (TPSA) is 73.6 Å². The van der Waals surface area contributed by atoms with Gasteiger partial charge in [-0.15, -0.1) is 0 Å². The number of ether oxygens (including phenoxy) is 2. The van der Waals surface area contributed by atoms with Gasteiger partial charge in [0.25, 0.3) is 0 Å². The standard InChI is InChI=1S/C12H22N2O4S/c1-17-8-10-7-14(13-11(10)12(15)16)9-18-5-6-19(2,3)4/h7H,5-6,8-9H2,1-4H3,(H,15,16). The summed E-state index contributed by atoms with van der Waals surface area (Å²) in [6.45, 7) is 1.15. The third kappa shape index (κ3) is 5.63. The number of rotatable bonds is 8. The summed E-state index contributed by atoms with van der Waals surface area (Å²) in [5, 5.41) is 13.0. The van der Waals surface area contributed by atoms with Gasteiger partial charge in [-0.05, 0) is 18.8 Å². The van der Waals surface area contributed by atoms with Gasteiger partial charge in [0.15, 0.2) is 5.69 Å². The Bertz CT molecular complexity index is 426. The fourth-order valence-corrected chi connectivity index (χ4v) is 2.05. The smallest absolute Gasteiger partial charge is 0.356 e. The number of nitrogens with zero attached hydrogens (tertiary/aromatic N) is 2. The van der Waals surface area contributed by atoms with Crippen LogP contribution in [0.1, 0.15) is 16.1 Å². The number of carboxylic acids is 1. The number of aromatic nitrogens is 2. The van der Waals surface area contributed by atoms with E-state index in [-0.39, 0.29) is 19.0 Å². The average Bonchev–Trinajstić information content (AvgIpc) is 2.67. The Morgan fingerprint density at radius 3 is 2.68 bits per heavy atom. The molecule has 0 spiro atoms. The van der Waals surface area contributed by atoms with Gasteiger partial charge >= 0.3 is 5.97 Å². The molecule has 0 aliphatic carbocycles. The molecule has 110 valence electrons. The van der Waals surface area contributed by atoms with Crippen molar-refractivity contribution in [2.45, 2.75) is 13.3 Å². The molecule has 6 nitrogen and oxygen atoms in total. The van der Waals surface area contributed by atoms with Gasteiger partial charge in [-0.2, -0.15) is 5.10 Å². The Morgan fingerprint density at radius 2 is 2.16 bits per heavy atom. The minimum Gasteiger partial charge on any atom is -0.476 e. The Labute approximate surface area is 115 Å². The van der Waals surface area contributed by atoms with Crippen LogP contribution in [-0.2, 0) is 22.8 Å². The molecule has 0 aliphatic rings. The second-order valence-corrected chi connectivity index (χ2v) is 9.70. The van der Waals surface area contributed by atoms with Crippen LogP contribution in [0.25, 0.3) is 0 Å². The van der Waals surface area contributed by atoms with Gasteiger partial charge < -0.3 is 14.6 Å². The minimum atomic E-state index is -1.05. The lowest BCUT2D eigenvalue weighted by molar-refractivity contribution is 0.0671. The highest BCUT2D eigenvalue weighted by molar-refractivity contribution is 8.32. The highest BCUT2D eigenvalue weighted by atomic mass is 32.3. The number of carboxylic acid groups (broad SMARTS) is 1. The SMILES string of the molecule is COCc1cn(COCCS(C)(C)C)nc1C(=O)O. The maximum absolute atomic E-state index is 11.0. The second-order valence-electron chi connectivity index (χ2n) is 5.11. The number of hydrogen-bond acceptors (Lipinski definition) is 4. The fraction of sp³-hybridized carbons (Fsp3) is 0.667. The summed E-state index contributed by atoms with van der Waals surface area (Å²) in [7, 11) is 0.947. The zero-order valence-electron chi connectivity index (χ0n) is 11.9. The number of carbonyl (C=O) groups is 1. The number of hydrogen-bond donors (Lipinski definition) is 1. The van der Waals surface area contributed by atoms with E-state index in [2.05, 4.69) is 23.9 Å². The van der Waals surface area contributed by atoms with Crippen molar-refractivity contribution in [3.05, 3.63) is 17.5 Å². The van der Waals surface area contributed by atoms with E-state index < -0.39 is 16.0 Å². The number of methoxy groups -OCH3 is 1. The van der Waals surface area contributed by atoms with E-state index in [0.29, 0.717) is 12.2 Å². The van der Waals surface area contributed by atoms with E-state index in [9.17, 15) is 4.79 Å². The Balaban J connectivity index is 2.55. The lowest BCUT2D eigenvalue weighted by Crippen LogP contribution is -2.10. The molecule has 1 aromatic heterocycles. The molecule has 0 aromatic carbocycles. The molecule has 0 atom stereocenters. The van der Waals surface area contributed by atoms with Gasteiger partial charge in [-0.1, -0.05) is 0 Å². The number of aromatic carboxylic acids is 1. The summed E-state index contributed by atoms with van der Waals surface area (Å²) in [4.78, 5) is 11.0. The van der Waals surface area contributed by atoms with E-state index in [4.69, 9.17) is 14.6 Å². The predicted octanol–water partition coefficient (Wildman–Crippen LogP) is 1.40. The highest BCUT2D eigenvalue weighted by Gasteiger charge is 2.15. The first-order valence-corrected chi connectivity index (χ1v) is 8.88. The first-order chi connectivity index (χ1) is 8.83. The van der Waals surface area contributed by atoms with Crippen molar-refractivity contribution < 1.29 is 19.4 Å². The van der Waals surface area contributed by atoms with Gasteiger partial charge in [0.2, 0.25) is 0 Å². The van der Waals surface area contributed by atoms with Crippen LogP contribution in [-0.4, -0.2) is 59.1 Å². The Kier molecular flexibility index (Phi) is 5.84. The molecule has 0 saturated heterocycles. The first-order valence-electron chi connectivity index (χ1n) is 5.86. The second kappa shape index (κ2) is 6.93. The summed E-state index contributed by atoms with van der Waals surface area (Å²) in [6, 6.07) is 0. The van der Waals surface area contributed by atoms with E-state index >= 15 is 0 Å². The van der Waals surface area contributed by atoms with Crippen molar-refractivity contribution in [3.8, 4) is 0 Å². The molecule has 1 aromatic rings. The minimum absolute atomic E-state index is 0.0203. The Morgan fingerprint density at radius 1 is 1.47 bits per heavy atom. The van der Waals surface area contributed by atoms with E-state index in [1.54, 1.807) is 6.20 Å². The molecule has 0 saturated carbocycles. The molecule has 1 N–H and O–H groups in total. The van der Waals surface area contributed by atoms with Crippen LogP contribution in [0.2, 0.25) is 0 Å². The maximum Gasteiger partial charge on any atom is 0.356 e. The van der Waals surface area contributed by atoms with Crippen LogP contribution >= 0.6 is 10.0 Å². The quantitative estimate of drug-likeness (QED) is 0.733. The third-order valence-electron chi connectivity index (χ3n) is 2.40. The van der Waals surface area contributed by atoms with E-state index in [1.807, 2.05) is 0 Å². The first kappa shape index (κ1) is 16.0. The zero-order chi connectivity index (χ0) is 14.5. The van der Waals surface area contributed by atoms with Crippen molar-refractivity contribution in [2.24, 2.45) is 0 Å². The summed E-state index contributed by atoms with van der Waals surface area (Å²) >= 11 is 0. The van der Waals surface area contributed by atoms with Gasteiger partial charge in [0.1, 0.15) is 6.73 Å². The molecule has 0 radical (unpaired) electrons. The maximum atomic E-state index is 11.0. The molecule has 1 heterocycles. The van der Waals surface area contributed by atoms with E-state index in [0.717, 1.165) is 5.75 Å². The van der Waals surface area contributed by atoms with Crippen molar-refractivity contribution in [3.63, 3.8) is 0 Å². The average molecular weight is 290 g/mol. The Hall–Kier alpha value is -1.05. The van der Waals surface area contributed by atoms with Crippen LogP contribution in [0, 0.1) is 0 Å². The largest absolute Gasteiger partial charge is 0.476 e. The van der Waals surface area contributed by atoms with Crippen LogP contribution in [0.5, 0.6) is 0 Å². The van der Waals surface area contributed by atoms with Crippen LogP contribution in [0.3, 0.4) is 0 Å². The molecule has 0 bridgehead atoms. The van der Waals surface area contributed by atoms with Crippen LogP contribution in [0.4, 0.5) is 0 Å². The summed E-state index contributed by atoms with van der Waals surface area (Å²) in [6.07, 6.45) is 8.33. The molecular formula is C12H22N2O4S. The van der Waals surface area contributed by atoms with Crippen molar-refractivity contribution in [1.82, 2.24) is 9.78 Å². The molecule has 0 fully saturated rings. The molecule has 0 aliphatic heterocycles. The molecule has 19 heavy (non-hydrogen) atoms. The van der Waals surface area contributed by atoms with Crippen molar-refractivity contribution in [2.75, 3.05) is 38.2 Å². The van der Waals surface area contributed by atoms with Crippen molar-refractivity contribution >= 4 is 16.0 Å². The lowest BCUT2D eigenvalue weighted by Gasteiger charge is -2.24. The van der Waals surface area contributed by atoms with Gasteiger partial charge in [-0.3, -0.25) is 0 Å². The van der Waals surface area contributed by atoms with Crippen LogP contribution < -0.4 is 0 Å². The normalized spacial score (nSPS) is 12.6. The van der Waals surface area contributed by atoms with Crippen LogP contribution in [0.15, 0.2) is 6.20 Å².